The SMILES string of the molecule is CCCCOCCOc1ccc(-c2ccc(N3CCC(C)CC3)c(/C=C(\C)C(=O)Nc3ccc([S+]([O-])Cc4cncn4CCC)cc3)c2)cc1. The van der Waals surface area contributed by atoms with Gasteiger partial charge in [-0.25, -0.2) is 4.98 Å². The van der Waals surface area contributed by atoms with Gasteiger partial charge in [0.2, 0.25) is 0 Å². The van der Waals surface area contributed by atoms with Crippen LogP contribution in [0.4, 0.5) is 11.4 Å². The molecule has 266 valence electrons. The molecule has 1 N–H and O–H groups in total. The van der Waals surface area contributed by atoms with Crippen LogP contribution in [0, 0.1) is 5.92 Å². The normalized spacial score (nSPS) is 14.5. The fourth-order valence-corrected chi connectivity index (χ4v) is 7.16. The van der Waals surface area contributed by atoms with Gasteiger partial charge in [-0.1, -0.05) is 45.4 Å². The lowest BCUT2D eigenvalue weighted by atomic mass is 9.96. The molecule has 1 atom stereocenters. The van der Waals surface area contributed by atoms with E-state index in [2.05, 4.69) is 66.3 Å². The highest BCUT2D eigenvalue weighted by atomic mass is 32.2. The quantitative estimate of drug-likeness (QED) is 0.0675. The number of hydrogen-bond acceptors (Lipinski definition) is 6. The first-order valence-corrected chi connectivity index (χ1v) is 19.3. The Balaban J connectivity index is 1.27. The van der Waals surface area contributed by atoms with Crippen molar-refractivity contribution in [3.8, 4) is 16.9 Å². The van der Waals surface area contributed by atoms with E-state index in [-0.39, 0.29) is 5.91 Å². The number of rotatable bonds is 17. The Bertz CT molecular complexity index is 1680. The molecule has 0 spiro atoms. The number of benzene rings is 3. The first-order valence-electron chi connectivity index (χ1n) is 18.0. The molecule has 0 saturated carbocycles. The number of nitrogens with zero attached hydrogens (tertiary/aromatic N) is 3. The van der Waals surface area contributed by atoms with Crippen molar-refractivity contribution in [3.63, 3.8) is 0 Å². The summed E-state index contributed by atoms with van der Waals surface area (Å²) in [7, 11) is 0. The number of aromatic nitrogens is 2. The summed E-state index contributed by atoms with van der Waals surface area (Å²) in [4.78, 5) is 20.8. The molecule has 1 unspecified atom stereocenters. The Labute approximate surface area is 301 Å². The molecular formula is C41H52N4O4S. The number of nitrogens with one attached hydrogen (secondary N) is 1. The Hall–Kier alpha value is -4.05. The van der Waals surface area contributed by atoms with Crippen LogP contribution in [0.25, 0.3) is 17.2 Å². The number of anilines is 2. The molecule has 5 rings (SSSR count). The van der Waals surface area contributed by atoms with E-state index in [9.17, 15) is 9.35 Å². The predicted octanol–water partition coefficient (Wildman–Crippen LogP) is 8.74. The van der Waals surface area contributed by atoms with Crippen molar-refractivity contribution in [1.29, 1.82) is 0 Å². The van der Waals surface area contributed by atoms with Gasteiger partial charge in [0.1, 0.15) is 12.4 Å². The average molecular weight is 697 g/mol. The van der Waals surface area contributed by atoms with Crippen molar-refractivity contribution in [3.05, 3.63) is 96.1 Å². The van der Waals surface area contributed by atoms with Crippen molar-refractivity contribution in [2.75, 3.05) is 43.1 Å². The molecule has 50 heavy (non-hydrogen) atoms. The third-order valence-electron chi connectivity index (χ3n) is 9.13. The van der Waals surface area contributed by atoms with E-state index in [4.69, 9.17) is 9.47 Å². The van der Waals surface area contributed by atoms with Crippen LogP contribution >= 0.6 is 0 Å². The first-order chi connectivity index (χ1) is 24.3. The molecule has 1 saturated heterocycles. The van der Waals surface area contributed by atoms with Crippen LogP contribution in [-0.2, 0) is 33.0 Å². The van der Waals surface area contributed by atoms with E-state index in [0.29, 0.717) is 41.0 Å². The van der Waals surface area contributed by atoms with E-state index in [1.165, 1.54) is 0 Å². The summed E-state index contributed by atoms with van der Waals surface area (Å²) in [6.45, 7) is 13.2. The first kappa shape index (κ1) is 37.2. The number of ether oxygens (including phenoxy) is 2. The smallest absolute Gasteiger partial charge is 0.251 e. The summed E-state index contributed by atoms with van der Waals surface area (Å²) in [5, 5.41) is 3.03. The van der Waals surface area contributed by atoms with Gasteiger partial charge in [-0.15, -0.1) is 0 Å². The van der Waals surface area contributed by atoms with E-state index >= 15 is 0 Å². The van der Waals surface area contributed by atoms with Crippen molar-refractivity contribution >= 4 is 34.5 Å². The molecule has 1 aromatic heterocycles. The Morgan fingerprint density at radius 1 is 0.980 bits per heavy atom. The van der Waals surface area contributed by atoms with Crippen LogP contribution in [0.2, 0.25) is 0 Å². The summed E-state index contributed by atoms with van der Waals surface area (Å²) >= 11 is -1.22. The largest absolute Gasteiger partial charge is 0.611 e. The van der Waals surface area contributed by atoms with Gasteiger partial charge < -0.3 is 28.8 Å². The zero-order valence-electron chi connectivity index (χ0n) is 30.0. The molecule has 0 bridgehead atoms. The summed E-state index contributed by atoms with van der Waals surface area (Å²) in [6.07, 6.45) is 11.0. The van der Waals surface area contributed by atoms with E-state index < -0.39 is 11.2 Å². The van der Waals surface area contributed by atoms with Crippen molar-refractivity contribution in [1.82, 2.24) is 9.55 Å². The Morgan fingerprint density at radius 3 is 2.44 bits per heavy atom. The fourth-order valence-electron chi connectivity index (χ4n) is 6.04. The van der Waals surface area contributed by atoms with Crippen LogP contribution in [-0.4, -0.2) is 52.9 Å². The third-order valence-corrected chi connectivity index (χ3v) is 10.5. The highest BCUT2D eigenvalue weighted by Crippen LogP contribution is 2.33. The summed E-state index contributed by atoms with van der Waals surface area (Å²) in [6, 6.07) is 22.0. The maximum Gasteiger partial charge on any atom is 0.251 e. The molecule has 1 aliphatic heterocycles. The number of amides is 1. The minimum atomic E-state index is -1.22. The number of aryl methyl sites for hydroxylation is 1. The maximum atomic E-state index is 13.4. The van der Waals surface area contributed by atoms with Gasteiger partial charge in [0.25, 0.3) is 5.91 Å². The minimum absolute atomic E-state index is 0.175. The van der Waals surface area contributed by atoms with Gasteiger partial charge in [0.15, 0.2) is 10.6 Å². The molecule has 0 aliphatic carbocycles. The Kier molecular flexibility index (Phi) is 14.0. The molecule has 1 fully saturated rings. The monoisotopic (exact) mass is 696 g/mol. The molecule has 9 heteroatoms. The van der Waals surface area contributed by atoms with Crippen LogP contribution < -0.4 is 15.0 Å². The molecular weight excluding hydrogens is 645 g/mol. The van der Waals surface area contributed by atoms with Gasteiger partial charge >= 0.3 is 0 Å². The standard InChI is InChI=1S/C41H52N4O4S/c1-5-7-23-48-24-25-49-38-13-8-33(9-14-38)34-10-17-40(44-21-18-31(3)19-22-44)35(27-34)26-32(4)41(46)43-36-11-15-39(16-12-36)50(47)29-37-28-42-30-45(37)20-6-2/h8-17,26-28,30-31H,5-7,18-25,29H2,1-4H3,(H,43,46)/b32-26+. The van der Waals surface area contributed by atoms with Gasteiger partial charge in [0.05, 0.1) is 24.8 Å². The highest BCUT2D eigenvalue weighted by molar-refractivity contribution is 7.90. The second-order valence-electron chi connectivity index (χ2n) is 13.2. The number of piperidine rings is 1. The topological polar surface area (TPSA) is 91.7 Å². The second-order valence-corrected chi connectivity index (χ2v) is 14.6. The van der Waals surface area contributed by atoms with Crippen molar-refractivity contribution < 1.29 is 18.8 Å². The number of carbonyl (C=O) groups is 1. The lowest BCUT2D eigenvalue weighted by Crippen LogP contribution is -2.33. The van der Waals surface area contributed by atoms with E-state index in [0.717, 1.165) is 92.2 Å². The zero-order valence-corrected chi connectivity index (χ0v) is 30.8. The van der Waals surface area contributed by atoms with Gasteiger partial charge in [-0.2, -0.15) is 0 Å². The number of hydrogen-bond donors (Lipinski definition) is 1. The van der Waals surface area contributed by atoms with Gasteiger partial charge in [-0.3, -0.25) is 4.79 Å². The van der Waals surface area contributed by atoms with E-state index in [1.807, 2.05) is 54.0 Å². The molecule has 4 aromatic rings. The molecule has 2 heterocycles. The molecule has 1 amide bonds. The average Bonchev–Trinajstić information content (AvgIpc) is 3.57. The number of unbranched alkanes of at least 4 members (excludes halogenated alkanes) is 1. The predicted molar refractivity (Wildman–Crippen MR) is 205 cm³/mol. The highest BCUT2D eigenvalue weighted by Gasteiger charge is 2.20. The van der Waals surface area contributed by atoms with Crippen LogP contribution in [0.5, 0.6) is 5.75 Å². The van der Waals surface area contributed by atoms with Gasteiger partial charge in [0, 0.05) is 43.2 Å². The van der Waals surface area contributed by atoms with E-state index in [1.54, 1.807) is 12.5 Å². The third kappa shape index (κ3) is 10.5. The second kappa shape index (κ2) is 18.8. The van der Waals surface area contributed by atoms with Crippen molar-refractivity contribution in [2.45, 2.75) is 77.0 Å². The molecule has 1 aliphatic rings. The van der Waals surface area contributed by atoms with Crippen LogP contribution in [0.15, 0.2) is 89.7 Å². The molecule has 3 aromatic carbocycles. The lowest BCUT2D eigenvalue weighted by molar-refractivity contribution is -0.112. The van der Waals surface area contributed by atoms with Crippen molar-refractivity contribution in [2.24, 2.45) is 5.92 Å². The summed E-state index contributed by atoms with van der Waals surface area (Å²) < 4.78 is 26.6. The van der Waals surface area contributed by atoms with Crippen LogP contribution in [0.3, 0.4) is 0 Å². The number of imidazole rings is 1. The summed E-state index contributed by atoms with van der Waals surface area (Å²) in [5.74, 6) is 1.76. The molecule has 0 radical (unpaired) electrons. The minimum Gasteiger partial charge on any atom is -0.611 e. The maximum absolute atomic E-state index is 13.4. The van der Waals surface area contributed by atoms with Crippen LogP contribution in [0.1, 0.15) is 71.1 Å². The number of carbonyl (C=O) groups excluding carboxylic acids is 1. The summed E-state index contributed by atoms with van der Waals surface area (Å²) in [5.41, 5.74) is 6.54. The molecule has 8 nitrogen and oxygen atoms in total. The zero-order chi connectivity index (χ0) is 35.3. The lowest BCUT2D eigenvalue weighted by Gasteiger charge is -2.33. The van der Waals surface area contributed by atoms with Gasteiger partial charge in [-0.05, 0) is 121 Å². The Morgan fingerprint density at radius 2 is 1.72 bits per heavy atom. The fraction of sp³-hybridized carbons (Fsp3) is 0.415.